The number of benzene rings is 2. The quantitative estimate of drug-likeness (QED) is 0.620. The molecule has 3 aromatic rings. The van der Waals surface area contributed by atoms with Gasteiger partial charge in [0.05, 0.1) is 30.4 Å². The molecule has 0 bridgehead atoms. The number of anilines is 1. The number of aromatic nitrogens is 1. The predicted octanol–water partition coefficient (Wildman–Crippen LogP) is 3.59. The van der Waals surface area contributed by atoms with Gasteiger partial charge in [0.1, 0.15) is 11.5 Å². The molecule has 1 saturated heterocycles. The zero-order valence-electron chi connectivity index (χ0n) is 16.8. The molecule has 0 spiro atoms. The van der Waals surface area contributed by atoms with Crippen LogP contribution in [-0.2, 0) is 11.2 Å². The van der Waals surface area contributed by atoms with Crippen LogP contribution in [0.25, 0.3) is 10.2 Å². The first-order valence-corrected chi connectivity index (χ1v) is 10.7. The molecule has 7 heteroatoms. The number of hydrogen-bond acceptors (Lipinski definition) is 6. The average Bonchev–Trinajstić information content (AvgIpc) is 3.18. The van der Waals surface area contributed by atoms with E-state index in [1.54, 1.807) is 18.4 Å². The Balaban J connectivity index is 1.34. The van der Waals surface area contributed by atoms with Crippen molar-refractivity contribution in [2.24, 2.45) is 0 Å². The number of amides is 1. The Hall–Kier alpha value is -2.80. The summed E-state index contributed by atoms with van der Waals surface area (Å²) < 4.78 is 11.9. The second kappa shape index (κ2) is 8.69. The molecule has 6 nitrogen and oxygen atoms in total. The summed E-state index contributed by atoms with van der Waals surface area (Å²) in [7, 11) is 1.67. The Morgan fingerprint density at radius 3 is 2.48 bits per heavy atom. The van der Waals surface area contributed by atoms with Crippen molar-refractivity contribution in [2.75, 3.05) is 44.8 Å². The smallest absolute Gasteiger partial charge is 0.227 e. The molecule has 1 aliphatic rings. The van der Waals surface area contributed by atoms with Crippen LogP contribution < -0.4 is 14.4 Å². The van der Waals surface area contributed by atoms with Crippen LogP contribution in [0.15, 0.2) is 42.5 Å². The van der Waals surface area contributed by atoms with Crippen LogP contribution in [0.3, 0.4) is 0 Å². The van der Waals surface area contributed by atoms with E-state index in [2.05, 4.69) is 4.90 Å². The highest BCUT2D eigenvalue weighted by Crippen LogP contribution is 2.31. The Kier molecular flexibility index (Phi) is 5.85. The minimum atomic E-state index is 0.169. The third kappa shape index (κ3) is 4.45. The Morgan fingerprint density at radius 2 is 1.79 bits per heavy atom. The third-order valence-corrected chi connectivity index (χ3v) is 6.16. The maximum atomic E-state index is 12.7. The molecule has 2 heterocycles. The van der Waals surface area contributed by atoms with Crippen molar-refractivity contribution in [3.63, 3.8) is 0 Å². The first-order chi connectivity index (χ1) is 14.2. The number of carbonyl (C=O) groups excluding carboxylic acids is 1. The molecule has 0 N–H and O–H groups in total. The summed E-state index contributed by atoms with van der Waals surface area (Å²) in [6.45, 7) is 5.63. The van der Waals surface area contributed by atoms with E-state index in [1.807, 2.05) is 54.3 Å². The largest absolute Gasteiger partial charge is 0.497 e. The standard InChI is InChI=1S/C22H25N3O3S/c1-3-28-17-6-4-16(5-7-17)14-21(26)24-10-12-25(13-11-24)22-23-19-9-8-18(27-2)15-20(19)29-22/h4-9,15H,3,10-14H2,1-2H3. The molecule has 29 heavy (non-hydrogen) atoms. The highest BCUT2D eigenvalue weighted by Gasteiger charge is 2.23. The fourth-order valence-electron chi connectivity index (χ4n) is 3.46. The lowest BCUT2D eigenvalue weighted by molar-refractivity contribution is -0.130. The van der Waals surface area contributed by atoms with E-state index < -0.39 is 0 Å². The molecule has 0 atom stereocenters. The number of rotatable bonds is 6. The van der Waals surface area contributed by atoms with Crippen LogP contribution in [0.5, 0.6) is 11.5 Å². The van der Waals surface area contributed by atoms with Crippen LogP contribution in [0.1, 0.15) is 12.5 Å². The van der Waals surface area contributed by atoms with E-state index in [1.165, 1.54) is 0 Å². The molecule has 1 amide bonds. The number of ether oxygens (including phenoxy) is 2. The van der Waals surface area contributed by atoms with Crippen LogP contribution in [0, 0.1) is 0 Å². The molecular formula is C22H25N3O3S. The van der Waals surface area contributed by atoms with E-state index in [9.17, 15) is 4.79 Å². The van der Waals surface area contributed by atoms with E-state index in [0.717, 1.165) is 58.6 Å². The van der Waals surface area contributed by atoms with Crippen LogP contribution in [0.2, 0.25) is 0 Å². The second-order valence-corrected chi connectivity index (χ2v) is 7.96. The van der Waals surface area contributed by atoms with Gasteiger partial charge in [-0.05, 0) is 42.8 Å². The molecule has 0 saturated carbocycles. The normalized spacial score (nSPS) is 14.3. The number of piperazine rings is 1. The highest BCUT2D eigenvalue weighted by atomic mass is 32.1. The van der Waals surface area contributed by atoms with E-state index in [4.69, 9.17) is 14.5 Å². The van der Waals surface area contributed by atoms with Gasteiger partial charge in [-0.15, -0.1) is 0 Å². The second-order valence-electron chi connectivity index (χ2n) is 6.95. The lowest BCUT2D eigenvalue weighted by Gasteiger charge is -2.34. The Morgan fingerprint density at radius 1 is 1.07 bits per heavy atom. The number of nitrogens with zero attached hydrogens (tertiary/aromatic N) is 3. The molecule has 152 valence electrons. The Labute approximate surface area is 174 Å². The summed E-state index contributed by atoms with van der Waals surface area (Å²) >= 11 is 1.67. The van der Waals surface area contributed by atoms with Crippen molar-refractivity contribution in [2.45, 2.75) is 13.3 Å². The van der Waals surface area contributed by atoms with Gasteiger partial charge in [0.15, 0.2) is 5.13 Å². The molecule has 1 aromatic heterocycles. The molecule has 1 aliphatic heterocycles. The van der Waals surface area contributed by atoms with E-state index >= 15 is 0 Å². The summed E-state index contributed by atoms with van der Waals surface area (Å²) in [5, 5.41) is 1.01. The number of thiazole rings is 1. The summed E-state index contributed by atoms with van der Waals surface area (Å²) in [5.41, 5.74) is 2.00. The van der Waals surface area contributed by atoms with Gasteiger partial charge in [-0.1, -0.05) is 23.5 Å². The third-order valence-electron chi connectivity index (χ3n) is 5.08. The van der Waals surface area contributed by atoms with Gasteiger partial charge in [-0.3, -0.25) is 4.79 Å². The average molecular weight is 412 g/mol. The van der Waals surface area contributed by atoms with Crippen LogP contribution in [0.4, 0.5) is 5.13 Å². The summed E-state index contributed by atoms with van der Waals surface area (Å²) in [4.78, 5) is 21.6. The van der Waals surface area contributed by atoms with Crippen LogP contribution >= 0.6 is 11.3 Å². The van der Waals surface area contributed by atoms with Crippen molar-refractivity contribution in [3.8, 4) is 11.5 Å². The molecule has 0 aliphatic carbocycles. The lowest BCUT2D eigenvalue weighted by Crippen LogP contribution is -2.49. The molecular weight excluding hydrogens is 386 g/mol. The van der Waals surface area contributed by atoms with Gasteiger partial charge < -0.3 is 19.3 Å². The highest BCUT2D eigenvalue weighted by molar-refractivity contribution is 7.22. The predicted molar refractivity (Wildman–Crippen MR) is 116 cm³/mol. The van der Waals surface area contributed by atoms with Crippen molar-refractivity contribution in [1.82, 2.24) is 9.88 Å². The van der Waals surface area contributed by atoms with Crippen molar-refractivity contribution in [1.29, 1.82) is 0 Å². The zero-order chi connectivity index (χ0) is 20.2. The molecule has 0 unspecified atom stereocenters. The Bertz CT molecular complexity index is 979. The minimum Gasteiger partial charge on any atom is -0.497 e. The summed E-state index contributed by atoms with van der Waals surface area (Å²) in [6.07, 6.45) is 0.424. The van der Waals surface area contributed by atoms with Crippen molar-refractivity contribution < 1.29 is 14.3 Å². The number of methoxy groups -OCH3 is 1. The minimum absolute atomic E-state index is 0.169. The lowest BCUT2D eigenvalue weighted by atomic mass is 10.1. The first kappa shape index (κ1) is 19.5. The summed E-state index contributed by atoms with van der Waals surface area (Å²) in [5.74, 6) is 1.85. The van der Waals surface area contributed by atoms with E-state index in [-0.39, 0.29) is 5.91 Å². The monoisotopic (exact) mass is 411 g/mol. The van der Waals surface area contributed by atoms with Gasteiger partial charge in [0, 0.05) is 26.2 Å². The van der Waals surface area contributed by atoms with Gasteiger partial charge in [-0.2, -0.15) is 0 Å². The summed E-state index contributed by atoms with van der Waals surface area (Å²) in [6, 6.07) is 13.7. The van der Waals surface area contributed by atoms with Gasteiger partial charge in [0.2, 0.25) is 5.91 Å². The molecule has 2 aromatic carbocycles. The van der Waals surface area contributed by atoms with Crippen LogP contribution in [-0.4, -0.2) is 55.7 Å². The fraction of sp³-hybridized carbons (Fsp3) is 0.364. The number of carbonyl (C=O) groups is 1. The topological polar surface area (TPSA) is 54.9 Å². The molecule has 0 radical (unpaired) electrons. The number of fused-ring (bicyclic) bond motifs is 1. The maximum Gasteiger partial charge on any atom is 0.227 e. The zero-order valence-corrected chi connectivity index (χ0v) is 17.6. The van der Waals surface area contributed by atoms with Crippen molar-refractivity contribution in [3.05, 3.63) is 48.0 Å². The van der Waals surface area contributed by atoms with Gasteiger partial charge >= 0.3 is 0 Å². The van der Waals surface area contributed by atoms with Crippen molar-refractivity contribution >= 4 is 32.6 Å². The van der Waals surface area contributed by atoms with Gasteiger partial charge in [0.25, 0.3) is 0 Å². The van der Waals surface area contributed by atoms with Gasteiger partial charge in [-0.25, -0.2) is 4.98 Å². The van der Waals surface area contributed by atoms with E-state index in [0.29, 0.717) is 13.0 Å². The molecule has 1 fully saturated rings. The number of hydrogen-bond donors (Lipinski definition) is 0. The SMILES string of the molecule is CCOc1ccc(CC(=O)N2CCN(c3nc4ccc(OC)cc4s3)CC2)cc1. The molecule has 4 rings (SSSR count). The first-order valence-electron chi connectivity index (χ1n) is 9.85. The fourth-order valence-corrected chi connectivity index (χ4v) is 4.50. The maximum absolute atomic E-state index is 12.7.